The number of nitrogens with one attached hydrogen (secondary N) is 1. The molecule has 2 nitrogen and oxygen atoms in total. The molecule has 0 saturated heterocycles. The summed E-state index contributed by atoms with van der Waals surface area (Å²) in [5.41, 5.74) is 0.662. The highest BCUT2D eigenvalue weighted by molar-refractivity contribution is 9.11. The Balaban J connectivity index is 2.80. The molecule has 0 bridgehead atoms. The van der Waals surface area contributed by atoms with Gasteiger partial charge in [0.2, 0.25) is 0 Å². The van der Waals surface area contributed by atoms with Crippen molar-refractivity contribution >= 4 is 44.8 Å². The van der Waals surface area contributed by atoms with Crippen LogP contribution in [0.2, 0.25) is 0 Å². The highest BCUT2D eigenvalue weighted by Crippen LogP contribution is 2.28. The van der Waals surface area contributed by atoms with E-state index >= 15 is 0 Å². The van der Waals surface area contributed by atoms with Crippen molar-refractivity contribution in [1.29, 1.82) is 0 Å². The summed E-state index contributed by atoms with van der Waals surface area (Å²) in [7, 11) is 0. The zero-order valence-corrected chi connectivity index (χ0v) is 12.9. The maximum atomic E-state index is 12.0. The second-order valence-electron chi connectivity index (χ2n) is 4.36. The SMILES string of the molecule is Cc1cc(C(=O)NC(C)(C)C(C)Cl)sc1Br. The van der Waals surface area contributed by atoms with E-state index in [1.54, 1.807) is 0 Å². The molecule has 1 heterocycles. The number of aryl methyl sites for hydroxylation is 1. The molecule has 1 aromatic heterocycles. The van der Waals surface area contributed by atoms with E-state index in [4.69, 9.17) is 11.6 Å². The van der Waals surface area contributed by atoms with Crippen molar-refractivity contribution in [3.05, 3.63) is 20.3 Å². The lowest BCUT2D eigenvalue weighted by atomic mass is 10.0. The van der Waals surface area contributed by atoms with Gasteiger partial charge in [-0.25, -0.2) is 0 Å². The third-order valence-electron chi connectivity index (χ3n) is 2.51. The first-order valence-corrected chi connectivity index (χ1v) is 7.01. The van der Waals surface area contributed by atoms with E-state index in [1.165, 1.54) is 11.3 Å². The third-order valence-corrected chi connectivity index (χ3v) is 5.19. The molecule has 1 N–H and O–H groups in total. The highest BCUT2D eigenvalue weighted by atomic mass is 79.9. The highest BCUT2D eigenvalue weighted by Gasteiger charge is 2.27. The van der Waals surface area contributed by atoms with Gasteiger partial charge in [-0.3, -0.25) is 4.79 Å². The maximum Gasteiger partial charge on any atom is 0.261 e. The van der Waals surface area contributed by atoms with E-state index in [9.17, 15) is 4.79 Å². The Morgan fingerprint density at radius 1 is 1.62 bits per heavy atom. The summed E-state index contributed by atoms with van der Waals surface area (Å²) in [5, 5.41) is 2.81. The van der Waals surface area contributed by atoms with Gasteiger partial charge in [0.15, 0.2) is 0 Å². The van der Waals surface area contributed by atoms with E-state index < -0.39 is 5.54 Å². The van der Waals surface area contributed by atoms with Gasteiger partial charge >= 0.3 is 0 Å². The van der Waals surface area contributed by atoms with Crippen molar-refractivity contribution in [2.45, 2.75) is 38.6 Å². The number of halogens is 2. The minimum absolute atomic E-state index is 0.0729. The first kappa shape index (κ1) is 14.0. The van der Waals surface area contributed by atoms with E-state index in [0.717, 1.165) is 9.35 Å². The maximum absolute atomic E-state index is 12.0. The van der Waals surface area contributed by atoms with E-state index in [2.05, 4.69) is 21.2 Å². The molecule has 0 spiro atoms. The van der Waals surface area contributed by atoms with Crippen LogP contribution < -0.4 is 5.32 Å². The topological polar surface area (TPSA) is 29.1 Å². The number of thiophene rings is 1. The lowest BCUT2D eigenvalue weighted by Gasteiger charge is -2.28. The molecule has 1 unspecified atom stereocenters. The number of alkyl halides is 1. The monoisotopic (exact) mass is 323 g/mol. The molecule has 0 aliphatic heterocycles. The van der Waals surface area contributed by atoms with Crippen molar-refractivity contribution < 1.29 is 4.79 Å². The first-order valence-electron chi connectivity index (χ1n) is 4.96. The summed E-state index contributed by atoms with van der Waals surface area (Å²) < 4.78 is 0.995. The van der Waals surface area contributed by atoms with Gasteiger partial charge in [-0.2, -0.15) is 0 Å². The average Bonchev–Trinajstić information content (AvgIpc) is 2.46. The second-order valence-corrected chi connectivity index (χ2v) is 7.38. The van der Waals surface area contributed by atoms with E-state index in [1.807, 2.05) is 33.8 Å². The molecule has 1 rings (SSSR count). The Morgan fingerprint density at radius 3 is 2.56 bits per heavy atom. The molecule has 0 fully saturated rings. The molecule has 0 saturated carbocycles. The van der Waals surface area contributed by atoms with Crippen molar-refractivity contribution in [2.24, 2.45) is 0 Å². The molecule has 0 aliphatic rings. The number of hydrogen-bond acceptors (Lipinski definition) is 2. The Hall–Kier alpha value is -0.0600. The van der Waals surface area contributed by atoms with Crippen LogP contribution in [0.15, 0.2) is 9.85 Å². The second kappa shape index (κ2) is 5.07. The zero-order chi connectivity index (χ0) is 12.5. The quantitative estimate of drug-likeness (QED) is 0.838. The average molecular weight is 325 g/mol. The van der Waals surface area contributed by atoms with Crippen LogP contribution in [-0.4, -0.2) is 16.8 Å². The fourth-order valence-electron chi connectivity index (χ4n) is 1.03. The Labute approximate surface area is 114 Å². The van der Waals surface area contributed by atoms with Crippen molar-refractivity contribution in [3.63, 3.8) is 0 Å². The third kappa shape index (κ3) is 3.22. The Morgan fingerprint density at radius 2 is 2.19 bits per heavy atom. The van der Waals surface area contributed by atoms with Crippen LogP contribution in [0.25, 0.3) is 0 Å². The lowest BCUT2D eigenvalue weighted by molar-refractivity contribution is 0.0916. The standard InChI is InChI=1S/C11H15BrClNOS/c1-6-5-8(16-9(6)12)10(15)14-11(3,4)7(2)13/h5,7H,1-4H3,(H,14,15). The summed E-state index contributed by atoms with van der Waals surface area (Å²) in [6, 6.07) is 1.87. The molecule has 1 atom stereocenters. The Kier molecular flexibility index (Phi) is 4.43. The first-order chi connectivity index (χ1) is 7.24. The van der Waals surface area contributed by atoms with Gasteiger partial charge in [0.05, 0.1) is 19.6 Å². The van der Waals surface area contributed by atoms with Gasteiger partial charge in [-0.1, -0.05) is 0 Å². The lowest BCUT2D eigenvalue weighted by Crippen LogP contribution is -2.48. The minimum Gasteiger partial charge on any atom is -0.345 e. The molecule has 90 valence electrons. The van der Waals surface area contributed by atoms with Crippen LogP contribution in [0.4, 0.5) is 0 Å². The molecule has 16 heavy (non-hydrogen) atoms. The van der Waals surface area contributed by atoms with Gasteiger partial charge in [0.1, 0.15) is 0 Å². The van der Waals surface area contributed by atoms with Crippen LogP contribution >= 0.6 is 38.9 Å². The van der Waals surface area contributed by atoms with E-state index in [-0.39, 0.29) is 11.3 Å². The predicted molar refractivity (Wildman–Crippen MR) is 73.6 cm³/mol. The smallest absolute Gasteiger partial charge is 0.261 e. The molecular formula is C11H15BrClNOS. The van der Waals surface area contributed by atoms with Gasteiger partial charge in [0, 0.05) is 0 Å². The van der Waals surface area contributed by atoms with Gasteiger partial charge in [0.25, 0.3) is 5.91 Å². The molecule has 0 aliphatic carbocycles. The van der Waals surface area contributed by atoms with Crippen LogP contribution in [0.5, 0.6) is 0 Å². The summed E-state index contributed by atoms with van der Waals surface area (Å²) in [6.07, 6.45) is 0. The van der Waals surface area contributed by atoms with Crippen molar-refractivity contribution in [3.8, 4) is 0 Å². The summed E-state index contributed by atoms with van der Waals surface area (Å²) in [4.78, 5) is 12.7. The summed E-state index contributed by atoms with van der Waals surface area (Å²) in [5.74, 6) is -0.0729. The largest absolute Gasteiger partial charge is 0.345 e. The van der Waals surface area contributed by atoms with Crippen LogP contribution in [-0.2, 0) is 0 Å². The fourth-order valence-corrected chi connectivity index (χ4v) is 2.51. The number of carbonyl (C=O) groups is 1. The molecule has 0 radical (unpaired) electrons. The van der Waals surface area contributed by atoms with Crippen LogP contribution in [0, 0.1) is 6.92 Å². The minimum atomic E-state index is -0.414. The zero-order valence-electron chi connectivity index (χ0n) is 9.73. The predicted octanol–water partition coefficient (Wildman–Crippen LogP) is 3.95. The summed E-state index contributed by atoms with van der Waals surface area (Å²) >= 11 is 10.9. The van der Waals surface area contributed by atoms with Crippen molar-refractivity contribution in [1.82, 2.24) is 5.32 Å². The number of hydrogen-bond donors (Lipinski definition) is 1. The van der Waals surface area contributed by atoms with Gasteiger partial charge in [-0.05, 0) is 55.3 Å². The number of amides is 1. The number of carbonyl (C=O) groups excluding carboxylic acids is 1. The van der Waals surface area contributed by atoms with Gasteiger partial charge < -0.3 is 5.32 Å². The normalized spacial score (nSPS) is 13.6. The van der Waals surface area contributed by atoms with Crippen LogP contribution in [0.3, 0.4) is 0 Å². The Bertz CT molecular complexity index is 381. The van der Waals surface area contributed by atoms with Crippen LogP contribution in [0.1, 0.15) is 36.0 Å². The fraction of sp³-hybridized carbons (Fsp3) is 0.545. The van der Waals surface area contributed by atoms with E-state index in [0.29, 0.717) is 4.88 Å². The molecular weight excluding hydrogens is 310 g/mol. The summed E-state index contributed by atoms with van der Waals surface area (Å²) in [6.45, 7) is 7.67. The molecule has 0 aromatic carbocycles. The van der Waals surface area contributed by atoms with Gasteiger partial charge in [-0.15, -0.1) is 22.9 Å². The molecule has 1 aromatic rings. The molecule has 5 heteroatoms. The van der Waals surface area contributed by atoms with Crippen molar-refractivity contribution in [2.75, 3.05) is 0 Å². The molecule has 1 amide bonds. The number of rotatable bonds is 3.